The summed E-state index contributed by atoms with van der Waals surface area (Å²) in [7, 11) is -3.46. The van der Waals surface area contributed by atoms with E-state index in [1.54, 1.807) is 12.1 Å². The Labute approximate surface area is 148 Å². The van der Waals surface area contributed by atoms with Gasteiger partial charge in [0, 0.05) is 13.1 Å². The van der Waals surface area contributed by atoms with Gasteiger partial charge in [-0.2, -0.15) is 4.31 Å². The monoisotopic (exact) mass is 363 g/mol. The van der Waals surface area contributed by atoms with E-state index in [2.05, 4.69) is 0 Å². The molecule has 0 amide bonds. The van der Waals surface area contributed by atoms with E-state index >= 15 is 0 Å². The fourth-order valence-corrected chi connectivity index (χ4v) is 4.69. The topological polar surface area (TPSA) is 46.6 Å². The number of aryl methyl sites for hydroxylation is 1. The lowest BCUT2D eigenvalue weighted by atomic mass is 10.1. The molecule has 0 bridgehead atoms. The second-order valence-electron chi connectivity index (χ2n) is 6.55. The number of sulfonamides is 1. The first-order valence-corrected chi connectivity index (χ1v) is 9.89. The number of ether oxygens (including phenoxy) is 1. The summed E-state index contributed by atoms with van der Waals surface area (Å²) in [5, 5.41) is 0. The van der Waals surface area contributed by atoms with Crippen LogP contribution in [0.15, 0.2) is 48.5 Å². The molecule has 2 unspecified atom stereocenters. The maximum absolute atomic E-state index is 13.1. The van der Waals surface area contributed by atoms with Crippen molar-refractivity contribution < 1.29 is 17.5 Å². The molecule has 0 N–H and O–H groups in total. The number of hydrogen-bond acceptors (Lipinski definition) is 3. The van der Waals surface area contributed by atoms with E-state index < -0.39 is 16.1 Å². The smallest absolute Gasteiger partial charge is 0.218 e. The van der Waals surface area contributed by atoms with Crippen molar-refractivity contribution in [1.29, 1.82) is 0 Å². The highest BCUT2D eigenvalue weighted by atomic mass is 32.2. The number of halogens is 1. The first-order valence-electron chi connectivity index (χ1n) is 8.28. The first kappa shape index (κ1) is 18.0. The molecule has 1 aliphatic heterocycles. The third-order valence-electron chi connectivity index (χ3n) is 4.29. The summed E-state index contributed by atoms with van der Waals surface area (Å²) in [6, 6.07) is 13.5. The minimum Gasteiger partial charge on any atom is -0.368 e. The van der Waals surface area contributed by atoms with Crippen molar-refractivity contribution in [3.8, 4) is 0 Å². The van der Waals surface area contributed by atoms with Gasteiger partial charge in [0.1, 0.15) is 5.82 Å². The fourth-order valence-electron chi connectivity index (χ4n) is 3.11. The lowest BCUT2D eigenvalue weighted by Gasteiger charge is -2.36. The van der Waals surface area contributed by atoms with Crippen LogP contribution in [0, 0.1) is 12.7 Å². The van der Waals surface area contributed by atoms with E-state index in [9.17, 15) is 12.8 Å². The van der Waals surface area contributed by atoms with Crippen LogP contribution in [0.4, 0.5) is 4.39 Å². The van der Waals surface area contributed by atoms with Crippen molar-refractivity contribution in [3.05, 3.63) is 71.0 Å². The Balaban J connectivity index is 1.79. The van der Waals surface area contributed by atoms with Crippen molar-refractivity contribution in [1.82, 2.24) is 4.31 Å². The minimum atomic E-state index is -3.46. The molecule has 0 radical (unpaired) electrons. The predicted octanol–water partition coefficient (Wildman–Crippen LogP) is 3.43. The number of morpholine rings is 1. The van der Waals surface area contributed by atoms with Crippen molar-refractivity contribution >= 4 is 10.0 Å². The molecular formula is C19H22FNO3S. The van der Waals surface area contributed by atoms with Crippen molar-refractivity contribution in [2.45, 2.75) is 31.8 Å². The van der Waals surface area contributed by atoms with Crippen LogP contribution in [-0.2, 0) is 20.5 Å². The molecule has 4 nitrogen and oxygen atoms in total. The molecule has 2 aromatic rings. The van der Waals surface area contributed by atoms with Crippen LogP contribution in [0.3, 0.4) is 0 Å². The normalized spacial score (nSPS) is 22.0. The van der Waals surface area contributed by atoms with E-state index in [-0.39, 0.29) is 24.2 Å². The molecule has 0 aliphatic carbocycles. The summed E-state index contributed by atoms with van der Waals surface area (Å²) in [6.07, 6.45) is -0.618. The van der Waals surface area contributed by atoms with E-state index in [4.69, 9.17) is 4.74 Å². The van der Waals surface area contributed by atoms with Gasteiger partial charge in [0.15, 0.2) is 0 Å². The third kappa shape index (κ3) is 4.45. The third-order valence-corrected chi connectivity index (χ3v) is 6.08. The Morgan fingerprint density at radius 2 is 1.88 bits per heavy atom. The number of hydrogen-bond donors (Lipinski definition) is 0. The molecule has 134 valence electrons. The molecule has 6 heteroatoms. The van der Waals surface area contributed by atoms with Gasteiger partial charge in [-0.25, -0.2) is 12.8 Å². The Morgan fingerprint density at radius 3 is 2.56 bits per heavy atom. The summed E-state index contributed by atoms with van der Waals surface area (Å²) < 4.78 is 46.2. The second-order valence-corrected chi connectivity index (χ2v) is 8.52. The summed E-state index contributed by atoms with van der Waals surface area (Å²) in [5.41, 5.74) is 2.59. The largest absolute Gasteiger partial charge is 0.368 e. The SMILES string of the molecule is Cc1cccc(CS(=O)(=O)N2CC(C)OC(c3ccc(F)cc3)C2)c1. The molecule has 0 aromatic heterocycles. The van der Waals surface area contributed by atoms with Crippen LogP contribution in [0.2, 0.25) is 0 Å². The van der Waals surface area contributed by atoms with Gasteiger partial charge in [-0.3, -0.25) is 0 Å². The zero-order valence-corrected chi connectivity index (χ0v) is 15.2. The first-order chi connectivity index (χ1) is 11.8. The average Bonchev–Trinajstić information content (AvgIpc) is 2.54. The molecule has 2 atom stereocenters. The van der Waals surface area contributed by atoms with Crippen LogP contribution < -0.4 is 0 Å². The van der Waals surface area contributed by atoms with Crippen LogP contribution in [0.1, 0.15) is 29.7 Å². The zero-order valence-electron chi connectivity index (χ0n) is 14.4. The van der Waals surface area contributed by atoms with Gasteiger partial charge in [-0.15, -0.1) is 0 Å². The highest BCUT2D eigenvalue weighted by Crippen LogP contribution is 2.28. The van der Waals surface area contributed by atoms with Gasteiger partial charge in [-0.1, -0.05) is 42.0 Å². The zero-order chi connectivity index (χ0) is 18.0. The van der Waals surface area contributed by atoms with Gasteiger partial charge in [0.05, 0.1) is 18.0 Å². The standard InChI is InChI=1S/C19H22FNO3S/c1-14-4-3-5-16(10-14)13-25(22,23)21-11-15(2)24-19(12-21)17-6-8-18(20)9-7-17/h3-10,15,19H,11-13H2,1-2H3. The summed E-state index contributed by atoms with van der Waals surface area (Å²) in [6.45, 7) is 4.36. The Bertz CT molecular complexity index is 836. The summed E-state index contributed by atoms with van der Waals surface area (Å²) in [4.78, 5) is 0. The molecular weight excluding hydrogens is 341 g/mol. The van der Waals surface area contributed by atoms with E-state index in [1.807, 2.05) is 38.1 Å². The molecule has 0 saturated carbocycles. The van der Waals surface area contributed by atoms with Crippen molar-refractivity contribution in [3.63, 3.8) is 0 Å². The van der Waals surface area contributed by atoms with E-state index in [0.717, 1.165) is 16.7 Å². The minimum absolute atomic E-state index is 0.0302. The summed E-state index contributed by atoms with van der Waals surface area (Å²) >= 11 is 0. The molecule has 1 heterocycles. The molecule has 0 spiro atoms. The fraction of sp³-hybridized carbons (Fsp3) is 0.368. The van der Waals surface area contributed by atoms with Gasteiger partial charge < -0.3 is 4.74 Å². The Hall–Kier alpha value is -1.76. The summed E-state index contributed by atoms with van der Waals surface area (Å²) in [5.74, 6) is -0.353. The molecule has 3 rings (SSSR count). The molecule has 25 heavy (non-hydrogen) atoms. The van der Waals surface area contributed by atoms with Crippen molar-refractivity contribution in [2.24, 2.45) is 0 Å². The lowest BCUT2D eigenvalue weighted by Crippen LogP contribution is -2.46. The van der Waals surface area contributed by atoms with Crippen LogP contribution in [0.5, 0.6) is 0 Å². The number of benzene rings is 2. The Morgan fingerprint density at radius 1 is 1.16 bits per heavy atom. The maximum Gasteiger partial charge on any atom is 0.218 e. The van der Waals surface area contributed by atoms with Gasteiger partial charge in [0.2, 0.25) is 10.0 Å². The van der Waals surface area contributed by atoms with Crippen LogP contribution in [0.25, 0.3) is 0 Å². The maximum atomic E-state index is 13.1. The number of rotatable bonds is 4. The molecule has 1 fully saturated rings. The van der Waals surface area contributed by atoms with Gasteiger partial charge in [-0.05, 0) is 37.1 Å². The Kier molecular flexibility index (Phi) is 5.22. The predicted molar refractivity (Wildman–Crippen MR) is 95.1 cm³/mol. The van der Waals surface area contributed by atoms with Crippen molar-refractivity contribution in [2.75, 3.05) is 13.1 Å². The van der Waals surface area contributed by atoms with Gasteiger partial charge in [0.25, 0.3) is 0 Å². The quantitative estimate of drug-likeness (QED) is 0.836. The lowest BCUT2D eigenvalue weighted by molar-refractivity contribution is -0.0557. The van der Waals surface area contributed by atoms with E-state index in [1.165, 1.54) is 16.4 Å². The average molecular weight is 363 g/mol. The van der Waals surface area contributed by atoms with Gasteiger partial charge >= 0.3 is 0 Å². The molecule has 1 saturated heterocycles. The highest BCUT2D eigenvalue weighted by molar-refractivity contribution is 7.88. The van der Waals surface area contributed by atoms with Crippen LogP contribution in [-0.4, -0.2) is 31.9 Å². The van der Waals surface area contributed by atoms with E-state index in [0.29, 0.717) is 6.54 Å². The molecule has 1 aliphatic rings. The molecule has 2 aromatic carbocycles. The van der Waals surface area contributed by atoms with Crippen LogP contribution >= 0.6 is 0 Å². The number of nitrogens with zero attached hydrogens (tertiary/aromatic N) is 1. The highest BCUT2D eigenvalue weighted by Gasteiger charge is 2.33. The second kappa shape index (κ2) is 7.23.